The molecule has 1 aliphatic rings. The SMILES string of the molecule is CCOc1cc(N)cc(NC2CCCC2SCC)c1. The molecule has 2 unspecified atom stereocenters. The molecule has 1 aromatic rings. The van der Waals surface area contributed by atoms with Crippen LogP contribution in [0.4, 0.5) is 11.4 Å². The normalized spacial score (nSPS) is 22.4. The fourth-order valence-corrected chi connectivity index (χ4v) is 3.87. The second kappa shape index (κ2) is 6.94. The number of ether oxygens (including phenoxy) is 1. The van der Waals surface area contributed by atoms with Crippen molar-refractivity contribution in [2.45, 2.75) is 44.4 Å². The van der Waals surface area contributed by atoms with Gasteiger partial charge in [0.2, 0.25) is 0 Å². The minimum absolute atomic E-state index is 0.557. The van der Waals surface area contributed by atoms with Crippen LogP contribution in [0, 0.1) is 0 Å². The minimum Gasteiger partial charge on any atom is -0.494 e. The molecule has 0 radical (unpaired) electrons. The van der Waals surface area contributed by atoms with Crippen LogP contribution in [0.15, 0.2) is 18.2 Å². The van der Waals surface area contributed by atoms with E-state index in [1.54, 1.807) is 0 Å². The lowest BCUT2D eigenvalue weighted by molar-refractivity contribution is 0.340. The summed E-state index contributed by atoms with van der Waals surface area (Å²) in [6.45, 7) is 4.88. The fraction of sp³-hybridized carbons (Fsp3) is 0.600. The molecule has 1 fully saturated rings. The van der Waals surface area contributed by atoms with Gasteiger partial charge in [-0.05, 0) is 31.6 Å². The van der Waals surface area contributed by atoms with Gasteiger partial charge >= 0.3 is 0 Å². The maximum atomic E-state index is 5.93. The van der Waals surface area contributed by atoms with Gasteiger partial charge in [-0.25, -0.2) is 0 Å². The van der Waals surface area contributed by atoms with E-state index in [1.165, 1.54) is 25.0 Å². The van der Waals surface area contributed by atoms with Gasteiger partial charge in [0.25, 0.3) is 0 Å². The first kappa shape index (κ1) is 14.4. The minimum atomic E-state index is 0.557. The Labute approximate surface area is 120 Å². The van der Waals surface area contributed by atoms with E-state index in [-0.39, 0.29) is 0 Å². The van der Waals surface area contributed by atoms with Gasteiger partial charge < -0.3 is 15.8 Å². The van der Waals surface area contributed by atoms with Crippen LogP contribution in [0.25, 0.3) is 0 Å². The van der Waals surface area contributed by atoms with Crippen molar-refractivity contribution in [3.8, 4) is 5.75 Å². The van der Waals surface area contributed by atoms with Gasteiger partial charge in [-0.2, -0.15) is 11.8 Å². The molecule has 1 aromatic carbocycles. The van der Waals surface area contributed by atoms with E-state index in [0.717, 1.165) is 22.4 Å². The largest absolute Gasteiger partial charge is 0.494 e. The molecule has 0 spiro atoms. The predicted molar refractivity (Wildman–Crippen MR) is 85.2 cm³/mol. The van der Waals surface area contributed by atoms with Gasteiger partial charge in [0.1, 0.15) is 5.75 Å². The van der Waals surface area contributed by atoms with Crippen LogP contribution in [-0.4, -0.2) is 23.7 Å². The summed E-state index contributed by atoms with van der Waals surface area (Å²) >= 11 is 2.06. The third kappa shape index (κ3) is 3.96. The molecule has 0 saturated heterocycles. The summed E-state index contributed by atoms with van der Waals surface area (Å²) in [5.41, 5.74) is 7.77. The molecule has 0 heterocycles. The molecular formula is C15H24N2OS. The monoisotopic (exact) mass is 280 g/mol. The van der Waals surface area contributed by atoms with Crippen LogP contribution >= 0.6 is 11.8 Å². The third-order valence-electron chi connectivity index (χ3n) is 3.43. The van der Waals surface area contributed by atoms with Crippen molar-refractivity contribution in [3.05, 3.63) is 18.2 Å². The number of rotatable bonds is 6. The van der Waals surface area contributed by atoms with Crippen LogP contribution in [0.3, 0.4) is 0 Å². The molecule has 106 valence electrons. The second-order valence-corrected chi connectivity index (χ2v) is 6.42. The van der Waals surface area contributed by atoms with Crippen LogP contribution in [0.5, 0.6) is 5.75 Å². The van der Waals surface area contributed by atoms with Gasteiger partial charge in [0, 0.05) is 34.8 Å². The smallest absolute Gasteiger partial charge is 0.123 e. The molecule has 2 atom stereocenters. The van der Waals surface area contributed by atoms with Gasteiger partial charge in [0.15, 0.2) is 0 Å². The molecule has 0 aromatic heterocycles. The van der Waals surface area contributed by atoms with Crippen molar-refractivity contribution in [3.63, 3.8) is 0 Å². The van der Waals surface area contributed by atoms with E-state index in [1.807, 2.05) is 25.1 Å². The summed E-state index contributed by atoms with van der Waals surface area (Å²) in [4.78, 5) is 0. The standard InChI is InChI=1S/C15H24N2OS/c1-3-18-13-9-11(16)8-12(10-13)17-14-6-5-7-15(14)19-4-2/h8-10,14-15,17H,3-7,16H2,1-2H3. The van der Waals surface area contributed by atoms with Crippen LogP contribution < -0.4 is 15.8 Å². The van der Waals surface area contributed by atoms with E-state index in [4.69, 9.17) is 10.5 Å². The van der Waals surface area contributed by atoms with Crippen molar-refractivity contribution in [2.24, 2.45) is 0 Å². The number of anilines is 2. The number of hydrogen-bond acceptors (Lipinski definition) is 4. The van der Waals surface area contributed by atoms with E-state index in [9.17, 15) is 0 Å². The summed E-state index contributed by atoms with van der Waals surface area (Å²) in [5.74, 6) is 2.03. The molecule has 3 nitrogen and oxygen atoms in total. The first-order chi connectivity index (χ1) is 9.22. The Morgan fingerprint density at radius 1 is 1.32 bits per heavy atom. The summed E-state index contributed by atoms with van der Waals surface area (Å²) in [6.07, 6.45) is 3.88. The number of benzene rings is 1. The van der Waals surface area contributed by atoms with Crippen molar-refractivity contribution in [1.29, 1.82) is 0 Å². The van der Waals surface area contributed by atoms with Crippen LogP contribution in [-0.2, 0) is 0 Å². The summed E-state index contributed by atoms with van der Waals surface area (Å²) in [7, 11) is 0. The Morgan fingerprint density at radius 3 is 2.89 bits per heavy atom. The maximum Gasteiger partial charge on any atom is 0.123 e. The number of thioether (sulfide) groups is 1. The lowest BCUT2D eigenvalue weighted by atomic mass is 10.2. The Morgan fingerprint density at radius 2 is 2.16 bits per heavy atom. The van der Waals surface area contributed by atoms with Gasteiger partial charge in [-0.3, -0.25) is 0 Å². The van der Waals surface area contributed by atoms with E-state index in [2.05, 4.69) is 24.0 Å². The maximum absolute atomic E-state index is 5.93. The molecule has 2 rings (SSSR count). The highest BCUT2D eigenvalue weighted by atomic mass is 32.2. The average molecular weight is 280 g/mol. The molecule has 0 amide bonds. The molecule has 3 N–H and O–H groups in total. The Bertz CT molecular complexity index is 411. The predicted octanol–water partition coefficient (Wildman–Crippen LogP) is 3.75. The average Bonchev–Trinajstić information content (AvgIpc) is 2.77. The van der Waals surface area contributed by atoms with Crippen molar-refractivity contribution in [2.75, 3.05) is 23.4 Å². The Kier molecular flexibility index (Phi) is 5.25. The van der Waals surface area contributed by atoms with Gasteiger partial charge in [-0.15, -0.1) is 0 Å². The second-order valence-electron chi connectivity index (χ2n) is 4.90. The zero-order chi connectivity index (χ0) is 13.7. The highest BCUT2D eigenvalue weighted by Crippen LogP contribution is 2.33. The first-order valence-corrected chi connectivity index (χ1v) is 8.19. The highest BCUT2D eigenvalue weighted by Gasteiger charge is 2.27. The quantitative estimate of drug-likeness (QED) is 0.779. The number of nitrogens with two attached hydrogens (primary N) is 1. The molecule has 1 aliphatic carbocycles. The van der Waals surface area contributed by atoms with E-state index < -0.39 is 0 Å². The van der Waals surface area contributed by atoms with Crippen molar-refractivity contribution in [1.82, 2.24) is 0 Å². The first-order valence-electron chi connectivity index (χ1n) is 7.14. The zero-order valence-corrected chi connectivity index (χ0v) is 12.6. The number of nitrogen functional groups attached to an aromatic ring is 1. The topological polar surface area (TPSA) is 47.3 Å². The van der Waals surface area contributed by atoms with Crippen LogP contribution in [0.1, 0.15) is 33.1 Å². The van der Waals surface area contributed by atoms with Crippen molar-refractivity contribution < 1.29 is 4.74 Å². The van der Waals surface area contributed by atoms with Crippen LogP contribution in [0.2, 0.25) is 0 Å². The fourth-order valence-electron chi connectivity index (χ4n) is 2.67. The molecule has 1 saturated carbocycles. The third-order valence-corrected chi connectivity index (χ3v) is 4.75. The van der Waals surface area contributed by atoms with E-state index in [0.29, 0.717) is 12.6 Å². The molecule has 0 bridgehead atoms. The summed E-state index contributed by atoms with van der Waals surface area (Å²) < 4.78 is 5.54. The van der Waals surface area contributed by atoms with Gasteiger partial charge in [-0.1, -0.05) is 13.3 Å². The Hall–Kier alpha value is -1.03. The summed E-state index contributed by atoms with van der Waals surface area (Å²) in [6, 6.07) is 6.48. The van der Waals surface area contributed by atoms with Crippen molar-refractivity contribution >= 4 is 23.1 Å². The Balaban J connectivity index is 2.05. The van der Waals surface area contributed by atoms with E-state index >= 15 is 0 Å². The highest BCUT2D eigenvalue weighted by molar-refractivity contribution is 7.99. The number of hydrogen-bond donors (Lipinski definition) is 2. The zero-order valence-electron chi connectivity index (χ0n) is 11.8. The molecule has 0 aliphatic heterocycles. The lowest BCUT2D eigenvalue weighted by Gasteiger charge is -2.22. The summed E-state index contributed by atoms with van der Waals surface area (Å²) in [5, 5.41) is 4.36. The molecule has 19 heavy (non-hydrogen) atoms. The lowest BCUT2D eigenvalue weighted by Crippen LogP contribution is -2.26. The molecular weight excluding hydrogens is 256 g/mol. The molecule has 4 heteroatoms. The van der Waals surface area contributed by atoms with Gasteiger partial charge in [0.05, 0.1) is 6.61 Å². The number of nitrogens with one attached hydrogen (secondary N) is 1.